The number of unbranched alkanes of at least 4 members (excludes halogenated alkanes) is 4. The van der Waals surface area contributed by atoms with Gasteiger partial charge in [0.1, 0.15) is 16.7 Å². The van der Waals surface area contributed by atoms with Crippen LogP contribution in [0.5, 0.6) is 0 Å². The quantitative estimate of drug-likeness (QED) is 0.325. The molecule has 3 heterocycles. The fraction of sp³-hybridized carbons (Fsp3) is 0.280. The Morgan fingerprint density at radius 2 is 1.69 bits per heavy atom. The molecule has 32 heavy (non-hydrogen) atoms. The molecule has 3 aromatic heterocycles. The van der Waals surface area contributed by atoms with E-state index in [9.17, 15) is 9.18 Å². The summed E-state index contributed by atoms with van der Waals surface area (Å²) < 4.78 is 17.4. The van der Waals surface area contributed by atoms with Gasteiger partial charge < -0.3 is 0 Å². The lowest BCUT2D eigenvalue weighted by atomic mass is 10.1. The molecule has 0 saturated carbocycles. The zero-order valence-electron chi connectivity index (χ0n) is 18.0. The predicted octanol–water partition coefficient (Wildman–Crippen LogP) is 5.39. The number of para-hydroxylation sites is 2. The molecule has 0 radical (unpaired) electrons. The van der Waals surface area contributed by atoms with Crippen molar-refractivity contribution in [2.75, 3.05) is 0 Å². The summed E-state index contributed by atoms with van der Waals surface area (Å²) >= 11 is 0. The maximum Gasteiger partial charge on any atom is 0.265 e. The maximum absolute atomic E-state index is 14.0. The number of hydrogen-bond donors (Lipinski definition) is 0. The molecule has 0 unspecified atom stereocenters. The van der Waals surface area contributed by atoms with Crippen LogP contribution in [0.25, 0.3) is 38.9 Å². The van der Waals surface area contributed by atoms with Crippen molar-refractivity contribution in [3.63, 3.8) is 0 Å². The van der Waals surface area contributed by atoms with E-state index in [1.54, 1.807) is 27.6 Å². The van der Waals surface area contributed by atoms with Crippen LogP contribution in [0.3, 0.4) is 0 Å². The first-order chi connectivity index (χ1) is 15.7. The fourth-order valence-corrected chi connectivity index (χ4v) is 4.18. The number of benzene rings is 2. The molecule has 2 aromatic carbocycles. The van der Waals surface area contributed by atoms with Gasteiger partial charge >= 0.3 is 0 Å². The van der Waals surface area contributed by atoms with Gasteiger partial charge in [-0.3, -0.25) is 13.9 Å². The van der Waals surface area contributed by atoms with Crippen LogP contribution in [0.15, 0.2) is 59.7 Å². The van der Waals surface area contributed by atoms with Crippen LogP contribution in [-0.2, 0) is 6.54 Å². The van der Waals surface area contributed by atoms with Crippen LogP contribution in [0.4, 0.5) is 4.39 Å². The minimum atomic E-state index is -0.369. The van der Waals surface area contributed by atoms with E-state index in [1.165, 1.54) is 25.0 Å². The highest BCUT2D eigenvalue weighted by atomic mass is 19.1. The SMILES string of the molecule is CCCCCCCn1cnc2c(c1=O)c1nc3ccccc3nc1n2-c1cccc(F)c1. The molecule has 162 valence electrons. The fourth-order valence-electron chi connectivity index (χ4n) is 4.18. The van der Waals surface area contributed by atoms with Gasteiger partial charge in [0, 0.05) is 6.54 Å². The molecular weight excluding hydrogens is 405 g/mol. The predicted molar refractivity (Wildman–Crippen MR) is 125 cm³/mol. The zero-order valence-corrected chi connectivity index (χ0v) is 18.0. The molecule has 5 rings (SSSR count). The van der Waals surface area contributed by atoms with E-state index in [0.29, 0.717) is 45.5 Å². The van der Waals surface area contributed by atoms with Crippen molar-refractivity contribution in [3.8, 4) is 5.69 Å². The normalized spacial score (nSPS) is 11.7. The second kappa shape index (κ2) is 8.49. The molecule has 0 aliphatic heterocycles. The van der Waals surface area contributed by atoms with Gasteiger partial charge in [-0.1, -0.05) is 50.8 Å². The largest absolute Gasteiger partial charge is 0.299 e. The van der Waals surface area contributed by atoms with E-state index in [4.69, 9.17) is 9.97 Å². The summed E-state index contributed by atoms with van der Waals surface area (Å²) in [6, 6.07) is 13.7. The van der Waals surface area contributed by atoms with E-state index < -0.39 is 0 Å². The number of hydrogen-bond acceptors (Lipinski definition) is 4. The highest BCUT2D eigenvalue weighted by molar-refractivity contribution is 6.05. The summed E-state index contributed by atoms with van der Waals surface area (Å²) in [6.45, 7) is 2.79. The molecule has 0 aliphatic carbocycles. The monoisotopic (exact) mass is 429 g/mol. The van der Waals surface area contributed by atoms with Gasteiger partial charge in [-0.25, -0.2) is 19.3 Å². The molecule has 0 fully saturated rings. The van der Waals surface area contributed by atoms with E-state index in [1.807, 2.05) is 24.3 Å². The van der Waals surface area contributed by atoms with Gasteiger partial charge in [-0.05, 0) is 36.8 Å². The summed E-state index contributed by atoms with van der Waals surface area (Å²) in [5.74, 6) is -0.369. The molecule has 0 bridgehead atoms. The minimum absolute atomic E-state index is 0.143. The number of aromatic nitrogens is 5. The minimum Gasteiger partial charge on any atom is -0.299 e. The van der Waals surface area contributed by atoms with Crippen molar-refractivity contribution < 1.29 is 4.39 Å². The van der Waals surface area contributed by atoms with Crippen LogP contribution >= 0.6 is 0 Å². The second-order valence-electron chi connectivity index (χ2n) is 8.06. The molecule has 0 saturated heterocycles. The van der Waals surface area contributed by atoms with Gasteiger partial charge in [-0.2, -0.15) is 0 Å². The van der Waals surface area contributed by atoms with Crippen LogP contribution in [0.2, 0.25) is 0 Å². The average molecular weight is 429 g/mol. The molecule has 0 spiro atoms. The first-order valence-corrected chi connectivity index (χ1v) is 11.1. The van der Waals surface area contributed by atoms with Crippen molar-refractivity contribution in [1.29, 1.82) is 0 Å². The molecule has 0 N–H and O–H groups in total. The van der Waals surface area contributed by atoms with Gasteiger partial charge in [-0.15, -0.1) is 0 Å². The Bertz CT molecular complexity index is 1490. The Labute approximate surface area is 184 Å². The number of aryl methyl sites for hydroxylation is 1. The Hall–Kier alpha value is -3.61. The first-order valence-electron chi connectivity index (χ1n) is 11.1. The zero-order chi connectivity index (χ0) is 22.1. The highest BCUT2D eigenvalue weighted by Gasteiger charge is 2.21. The molecule has 6 nitrogen and oxygen atoms in total. The first kappa shape index (κ1) is 20.3. The average Bonchev–Trinajstić information content (AvgIpc) is 3.12. The summed E-state index contributed by atoms with van der Waals surface area (Å²) in [5, 5.41) is 0.415. The van der Waals surface area contributed by atoms with Crippen LogP contribution < -0.4 is 5.56 Å². The van der Waals surface area contributed by atoms with Crippen molar-refractivity contribution >= 4 is 33.2 Å². The van der Waals surface area contributed by atoms with Crippen molar-refractivity contribution in [1.82, 2.24) is 24.1 Å². The van der Waals surface area contributed by atoms with E-state index >= 15 is 0 Å². The van der Waals surface area contributed by atoms with Crippen molar-refractivity contribution in [3.05, 3.63) is 71.0 Å². The summed E-state index contributed by atoms with van der Waals surface area (Å²) in [4.78, 5) is 27.6. The van der Waals surface area contributed by atoms with E-state index in [2.05, 4.69) is 11.9 Å². The van der Waals surface area contributed by atoms with Crippen LogP contribution in [0.1, 0.15) is 39.0 Å². The molecule has 0 aliphatic rings. The second-order valence-corrected chi connectivity index (χ2v) is 8.06. The number of halogens is 1. The molecule has 0 amide bonds. The third kappa shape index (κ3) is 3.53. The third-order valence-electron chi connectivity index (χ3n) is 5.80. The van der Waals surface area contributed by atoms with Gasteiger partial charge in [0.05, 0.1) is 23.0 Å². The summed E-state index contributed by atoms with van der Waals surface area (Å²) in [7, 11) is 0. The van der Waals surface area contributed by atoms with Gasteiger partial charge in [0.2, 0.25) is 0 Å². The summed E-state index contributed by atoms with van der Waals surface area (Å²) in [6.07, 6.45) is 7.13. The van der Waals surface area contributed by atoms with Gasteiger partial charge in [0.15, 0.2) is 11.3 Å². The third-order valence-corrected chi connectivity index (χ3v) is 5.80. The number of fused-ring (bicyclic) bond motifs is 4. The molecule has 0 atom stereocenters. The smallest absolute Gasteiger partial charge is 0.265 e. The lowest BCUT2D eigenvalue weighted by Gasteiger charge is -2.08. The van der Waals surface area contributed by atoms with Crippen LogP contribution in [-0.4, -0.2) is 24.1 Å². The molecule has 5 aromatic rings. The Kier molecular flexibility index (Phi) is 5.39. The van der Waals surface area contributed by atoms with E-state index in [-0.39, 0.29) is 11.4 Å². The lowest BCUT2D eigenvalue weighted by Crippen LogP contribution is -2.20. The van der Waals surface area contributed by atoms with Crippen LogP contribution in [0, 0.1) is 5.82 Å². The summed E-state index contributed by atoms with van der Waals surface area (Å²) in [5.41, 5.74) is 3.24. The van der Waals surface area contributed by atoms with Crippen molar-refractivity contribution in [2.24, 2.45) is 0 Å². The molecular formula is C25H24FN5O. The van der Waals surface area contributed by atoms with Gasteiger partial charge in [0.25, 0.3) is 5.56 Å². The van der Waals surface area contributed by atoms with E-state index in [0.717, 1.165) is 19.3 Å². The highest BCUT2D eigenvalue weighted by Crippen LogP contribution is 2.28. The maximum atomic E-state index is 14.0. The lowest BCUT2D eigenvalue weighted by molar-refractivity contribution is 0.556. The number of nitrogens with zero attached hydrogens (tertiary/aromatic N) is 5. The Balaban J connectivity index is 1.73. The Morgan fingerprint density at radius 3 is 2.47 bits per heavy atom. The Morgan fingerprint density at radius 1 is 0.906 bits per heavy atom. The number of rotatable bonds is 7. The standard InChI is InChI=1S/C25H24FN5O/c1-2-3-4-5-8-14-30-16-27-23-21(25(30)32)22-24(29-20-13-7-6-12-19(20)28-22)31(23)18-11-9-10-17(26)15-18/h6-7,9-13,15-16H,2-5,8,14H2,1H3. The van der Waals surface area contributed by atoms with Crippen molar-refractivity contribution in [2.45, 2.75) is 45.6 Å². The topological polar surface area (TPSA) is 65.6 Å². The molecule has 7 heteroatoms.